The molecule has 0 aliphatic carbocycles. The van der Waals surface area contributed by atoms with Gasteiger partial charge in [0.25, 0.3) is 5.56 Å². The van der Waals surface area contributed by atoms with Gasteiger partial charge in [-0.2, -0.15) is 0 Å². The fourth-order valence-corrected chi connectivity index (χ4v) is 2.75. The monoisotopic (exact) mass is 358 g/mol. The molecule has 0 saturated heterocycles. The number of benzene rings is 2. The van der Waals surface area contributed by atoms with Gasteiger partial charge in [-0.1, -0.05) is 23.7 Å². The summed E-state index contributed by atoms with van der Waals surface area (Å²) in [4.78, 5) is 20.9. The molecule has 5 nitrogen and oxygen atoms in total. The Morgan fingerprint density at radius 3 is 2.68 bits per heavy atom. The summed E-state index contributed by atoms with van der Waals surface area (Å²) >= 11 is 5.86. The fraction of sp³-hybridized carbons (Fsp3) is 0.263. The number of quaternary nitrogens is 1. The number of likely N-dealkylation sites (N-methyl/N-ethyl adjacent to an activating group) is 1. The van der Waals surface area contributed by atoms with Crippen LogP contribution in [-0.4, -0.2) is 30.2 Å². The predicted molar refractivity (Wildman–Crippen MR) is 99.5 cm³/mol. The molecule has 1 aromatic heterocycles. The van der Waals surface area contributed by atoms with E-state index in [-0.39, 0.29) is 11.6 Å². The molecule has 3 aromatic rings. The Balaban J connectivity index is 1.64. The predicted octanol–water partition coefficient (Wildman–Crippen LogP) is 2.23. The molecule has 0 radical (unpaired) electrons. The Labute approximate surface area is 151 Å². The molecule has 0 amide bonds. The highest BCUT2D eigenvalue weighted by atomic mass is 35.5. The molecule has 0 aliphatic heterocycles. The van der Waals surface area contributed by atoms with Crippen LogP contribution in [0.3, 0.4) is 0 Å². The van der Waals surface area contributed by atoms with E-state index in [9.17, 15) is 4.79 Å². The number of hydrogen-bond donors (Lipinski definition) is 2. The summed E-state index contributed by atoms with van der Waals surface area (Å²) in [6.45, 7) is 3.39. The van der Waals surface area contributed by atoms with Crippen molar-refractivity contribution in [2.75, 3.05) is 20.2 Å². The first-order chi connectivity index (χ1) is 12.0. The maximum Gasteiger partial charge on any atom is 0.258 e. The van der Waals surface area contributed by atoms with Crippen molar-refractivity contribution in [2.24, 2.45) is 0 Å². The molecule has 0 bridgehead atoms. The highest BCUT2D eigenvalue weighted by Gasteiger charge is 2.19. The lowest BCUT2D eigenvalue weighted by atomic mass is 10.2. The van der Waals surface area contributed by atoms with Gasteiger partial charge in [0.1, 0.15) is 24.9 Å². The van der Waals surface area contributed by atoms with Crippen LogP contribution in [0, 0.1) is 0 Å². The third kappa shape index (κ3) is 4.18. The Morgan fingerprint density at radius 2 is 1.92 bits per heavy atom. The lowest BCUT2D eigenvalue weighted by Crippen LogP contribution is -3.09. The van der Waals surface area contributed by atoms with Gasteiger partial charge >= 0.3 is 0 Å². The Bertz CT molecular complexity index is 908. The molecule has 0 saturated carbocycles. The van der Waals surface area contributed by atoms with Crippen LogP contribution in [0.2, 0.25) is 5.02 Å². The van der Waals surface area contributed by atoms with Crippen molar-refractivity contribution in [3.05, 3.63) is 69.7 Å². The van der Waals surface area contributed by atoms with Crippen LogP contribution in [0.1, 0.15) is 18.8 Å². The van der Waals surface area contributed by atoms with Crippen LogP contribution in [0.4, 0.5) is 0 Å². The molecular weight excluding hydrogens is 338 g/mol. The molecule has 2 aromatic carbocycles. The van der Waals surface area contributed by atoms with Crippen LogP contribution in [0.25, 0.3) is 10.9 Å². The van der Waals surface area contributed by atoms with Crippen LogP contribution < -0.4 is 15.2 Å². The van der Waals surface area contributed by atoms with E-state index in [2.05, 4.69) is 17.0 Å². The van der Waals surface area contributed by atoms with Crippen LogP contribution in [-0.2, 0) is 0 Å². The third-order valence-electron chi connectivity index (χ3n) is 4.36. The van der Waals surface area contributed by atoms with Gasteiger partial charge in [0.15, 0.2) is 5.82 Å². The lowest BCUT2D eigenvalue weighted by molar-refractivity contribution is -0.910. The molecule has 6 heteroatoms. The van der Waals surface area contributed by atoms with E-state index in [1.165, 1.54) is 4.90 Å². The van der Waals surface area contributed by atoms with Gasteiger partial charge in [-0.3, -0.25) is 4.79 Å². The summed E-state index contributed by atoms with van der Waals surface area (Å²) in [5.41, 5.74) is 0.621. The minimum absolute atomic E-state index is 0.0473. The zero-order valence-corrected chi connectivity index (χ0v) is 15.0. The van der Waals surface area contributed by atoms with E-state index in [0.29, 0.717) is 22.8 Å². The van der Waals surface area contributed by atoms with E-state index in [1.807, 2.05) is 37.3 Å². The van der Waals surface area contributed by atoms with Crippen molar-refractivity contribution in [3.63, 3.8) is 0 Å². The summed E-state index contributed by atoms with van der Waals surface area (Å²) < 4.78 is 5.74. The molecule has 1 heterocycles. The molecule has 3 rings (SSSR count). The maximum atomic E-state index is 12.2. The van der Waals surface area contributed by atoms with E-state index in [4.69, 9.17) is 16.3 Å². The van der Waals surface area contributed by atoms with Crippen molar-refractivity contribution in [1.82, 2.24) is 9.97 Å². The number of para-hydroxylation sites is 1. The van der Waals surface area contributed by atoms with E-state index in [0.717, 1.165) is 17.8 Å². The minimum Gasteiger partial charge on any atom is -0.488 e. The first-order valence-electron chi connectivity index (χ1n) is 8.24. The largest absolute Gasteiger partial charge is 0.488 e. The lowest BCUT2D eigenvalue weighted by Gasteiger charge is -2.21. The molecule has 2 N–H and O–H groups in total. The quantitative estimate of drug-likeness (QED) is 0.710. The first kappa shape index (κ1) is 17.5. The first-order valence-corrected chi connectivity index (χ1v) is 8.62. The van der Waals surface area contributed by atoms with Gasteiger partial charge in [0.05, 0.1) is 18.0 Å². The topological polar surface area (TPSA) is 59.4 Å². The summed E-state index contributed by atoms with van der Waals surface area (Å²) in [6.07, 6.45) is 0. The molecule has 0 spiro atoms. The van der Waals surface area contributed by atoms with E-state index in [1.54, 1.807) is 18.2 Å². The normalized spacial score (nSPS) is 13.6. The van der Waals surface area contributed by atoms with Crippen molar-refractivity contribution in [1.29, 1.82) is 0 Å². The van der Waals surface area contributed by atoms with Crippen molar-refractivity contribution in [3.8, 4) is 5.75 Å². The zero-order valence-electron chi connectivity index (χ0n) is 14.3. The van der Waals surface area contributed by atoms with Gasteiger partial charge in [-0.05, 0) is 43.3 Å². The number of aromatic nitrogens is 2. The zero-order chi connectivity index (χ0) is 17.8. The molecule has 2 atom stereocenters. The number of hydrogen-bond acceptors (Lipinski definition) is 3. The number of aromatic amines is 1. The van der Waals surface area contributed by atoms with Gasteiger partial charge in [0, 0.05) is 5.02 Å². The average molecular weight is 359 g/mol. The number of H-pyrrole nitrogens is 1. The van der Waals surface area contributed by atoms with Gasteiger partial charge in [0.2, 0.25) is 0 Å². The molecule has 0 fully saturated rings. The number of halogens is 1. The van der Waals surface area contributed by atoms with E-state index >= 15 is 0 Å². The second-order valence-electron chi connectivity index (χ2n) is 6.09. The second-order valence-corrected chi connectivity index (χ2v) is 6.53. The Morgan fingerprint density at radius 1 is 1.20 bits per heavy atom. The Hall–Kier alpha value is -2.37. The van der Waals surface area contributed by atoms with Crippen molar-refractivity contribution < 1.29 is 9.64 Å². The number of nitrogens with zero attached hydrogens (tertiary/aromatic N) is 1. The Kier molecular flexibility index (Phi) is 5.36. The SMILES string of the molecule is C[C@@H](c1nc2ccccc2c(=O)[nH]1)[NH+](C)CCOc1ccc(Cl)cc1. The van der Waals surface area contributed by atoms with Crippen LogP contribution in [0.15, 0.2) is 53.3 Å². The third-order valence-corrected chi connectivity index (χ3v) is 4.61. The van der Waals surface area contributed by atoms with Gasteiger partial charge < -0.3 is 14.6 Å². The fourth-order valence-electron chi connectivity index (χ4n) is 2.62. The standard InChI is InChI=1S/C19H20ClN3O2/c1-13(18-21-17-6-4-3-5-16(17)19(24)22-18)23(2)11-12-25-15-9-7-14(20)8-10-15/h3-10,13H,11-12H2,1-2H3,(H,21,22,24)/p+1/t13-/m0/s1. The highest BCUT2D eigenvalue weighted by Crippen LogP contribution is 2.15. The number of fused-ring (bicyclic) bond motifs is 1. The molecule has 130 valence electrons. The number of rotatable bonds is 6. The maximum absolute atomic E-state index is 12.2. The van der Waals surface area contributed by atoms with Gasteiger partial charge in [-0.25, -0.2) is 4.98 Å². The summed E-state index contributed by atoms with van der Waals surface area (Å²) in [7, 11) is 2.06. The van der Waals surface area contributed by atoms with Gasteiger partial charge in [-0.15, -0.1) is 0 Å². The second kappa shape index (κ2) is 7.68. The molecule has 0 aliphatic rings. The number of nitrogens with one attached hydrogen (secondary N) is 2. The molecular formula is C19H21ClN3O2+. The van der Waals surface area contributed by atoms with Crippen molar-refractivity contribution in [2.45, 2.75) is 13.0 Å². The summed E-state index contributed by atoms with van der Waals surface area (Å²) in [5, 5.41) is 1.30. The van der Waals surface area contributed by atoms with Crippen LogP contribution in [0.5, 0.6) is 5.75 Å². The summed E-state index contributed by atoms with van der Waals surface area (Å²) in [6, 6.07) is 14.7. The van der Waals surface area contributed by atoms with Crippen LogP contribution >= 0.6 is 11.6 Å². The highest BCUT2D eigenvalue weighted by molar-refractivity contribution is 6.30. The minimum atomic E-state index is -0.0994. The van der Waals surface area contributed by atoms with Crippen molar-refractivity contribution >= 4 is 22.5 Å². The number of ether oxygens (including phenoxy) is 1. The smallest absolute Gasteiger partial charge is 0.258 e. The molecule has 1 unspecified atom stereocenters. The average Bonchev–Trinajstić information content (AvgIpc) is 2.62. The van der Waals surface area contributed by atoms with E-state index < -0.39 is 0 Å². The molecule has 25 heavy (non-hydrogen) atoms. The summed E-state index contributed by atoms with van der Waals surface area (Å²) in [5.74, 6) is 1.48.